The summed E-state index contributed by atoms with van der Waals surface area (Å²) in [7, 11) is -6.66. The largest absolute Gasteiger partial charge is 0.488 e. The van der Waals surface area contributed by atoms with E-state index in [9.17, 15) is 19.6 Å². The van der Waals surface area contributed by atoms with E-state index in [4.69, 9.17) is 9.97 Å². The molecular weight excluding hydrogens is 712 g/mol. The van der Waals surface area contributed by atoms with Gasteiger partial charge in [0.05, 0.1) is 5.52 Å². The number of rotatable bonds is 9. The van der Waals surface area contributed by atoms with Gasteiger partial charge in [-0.3, -0.25) is 9.97 Å². The van der Waals surface area contributed by atoms with Gasteiger partial charge in [0.1, 0.15) is 0 Å². The van der Waals surface area contributed by atoms with Crippen LogP contribution >= 0.6 is 0 Å². The van der Waals surface area contributed by atoms with Crippen molar-refractivity contribution in [1.82, 2.24) is 9.97 Å². The highest BCUT2D eigenvalue weighted by atomic mass is 28.4. The van der Waals surface area contributed by atoms with Gasteiger partial charge < -0.3 is 19.6 Å². The lowest BCUT2D eigenvalue weighted by Crippen LogP contribution is -2.40. The Labute approximate surface area is 328 Å². The number of pyridine rings is 1. The molecule has 0 aliphatic heterocycles. The normalized spacial score (nSPS) is 12.7. The average molecular weight is 767 g/mol. The van der Waals surface area contributed by atoms with Gasteiger partial charge in [0.25, 0.3) is 0 Å². The molecular formula is C46H55BN2O4Si2. The van der Waals surface area contributed by atoms with Gasteiger partial charge in [-0.05, 0) is 141 Å². The molecule has 0 spiro atoms. The highest BCUT2D eigenvalue weighted by Gasteiger charge is 2.39. The number of hydrogen-bond donors (Lipinski definition) is 4. The molecule has 0 saturated carbocycles. The van der Waals surface area contributed by atoms with Crippen molar-refractivity contribution < 1.29 is 19.6 Å². The molecule has 2 heterocycles. The Morgan fingerprint density at radius 3 is 1.69 bits per heavy atom. The lowest BCUT2D eigenvalue weighted by Gasteiger charge is -2.35. The fourth-order valence-corrected chi connectivity index (χ4v) is 8.58. The van der Waals surface area contributed by atoms with Crippen LogP contribution in [0, 0.1) is 13.8 Å². The first-order valence-electron chi connectivity index (χ1n) is 19.2. The summed E-state index contributed by atoms with van der Waals surface area (Å²) in [6, 6.07) is 31.1. The monoisotopic (exact) mass is 766 g/mol. The minimum absolute atomic E-state index is 0.277. The Morgan fingerprint density at radius 1 is 0.564 bits per heavy atom. The molecule has 4 N–H and O–H groups in total. The van der Waals surface area contributed by atoms with E-state index < -0.39 is 23.8 Å². The lowest BCUT2D eigenvalue weighted by atomic mass is 9.76. The van der Waals surface area contributed by atoms with Crippen LogP contribution in [0.5, 0.6) is 0 Å². The first-order valence-corrected chi connectivity index (χ1v) is 25.1. The lowest BCUT2D eigenvalue weighted by molar-refractivity contribution is 0.426. The summed E-state index contributed by atoms with van der Waals surface area (Å²) in [4.78, 5) is 32.1. The highest BCUT2D eigenvalue weighted by Crippen LogP contribution is 2.47. The second-order valence-electron chi connectivity index (χ2n) is 17.6. The summed E-state index contributed by atoms with van der Waals surface area (Å²) < 4.78 is 0. The van der Waals surface area contributed by atoms with Crippen LogP contribution in [0.25, 0.3) is 54.7 Å². The Hall–Kier alpha value is -4.22. The Balaban J connectivity index is 1.72. The quantitative estimate of drug-likeness (QED) is 0.0863. The van der Waals surface area contributed by atoms with Crippen molar-refractivity contribution in [3.63, 3.8) is 0 Å². The van der Waals surface area contributed by atoms with Gasteiger partial charge in [0, 0.05) is 23.5 Å². The molecule has 0 bridgehead atoms. The second-order valence-corrected chi connectivity index (χ2v) is 26.5. The van der Waals surface area contributed by atoms with E-state index in [1.807, 2.05) is 69.8 Å². The number of aromatic nitrogens is 2. The van der Waals surface area contributed by atoms with E-state index in [-0.39, 0.29) is 10.1 Å². The van der Waals surface area contributed by atoms with Crippen molar-refractivity contribution >= 4 is 61.7 Å². The Kier molecular flexibility index (Phi) is 11.0. The number of hydrogen-bond acceptors (Lipinski definition) is 6. The standard InChI is InChI=1S/C46H55BN2O4Si2/c1-30-15-13-25-48-31(2)32(28-45(3,4)54(7,8)52)19-22-35(30)42-36-16-11-12-17-37(36)43(41-27-34(47(50)51)21-24-39(41)42)38-23-20-33(29-46(5,6)55(9,10)53)44-40(38)18-14-26-49-44/h11-27,50-53H,28-29H2,1-10H3. The predicted molar refractivity (Wildman–Crippen MR) is 237 cm³/mol. The number of nitrogens with zero attached hydrogens (tertiary/aromatic N) is 2. The van der Waals surface area contributed by atoms with Crippen LogP contribution in [-0.4, -0.2) is 53.4 Å². The van der Waals surface area contributed by atoms with Crippen molar-refractivity contribution in [3.8, 4) is 22.3 Å². The van der Waals surface area contributed by atoms with E-state index in [2.05, 4.69) is 95.3 Å². The molecule has 0 saturated heterocycles. The molecule has 0 aliphatic carbocycles. The second kappa shape index (κ2) is 15.0. The van der Waals surface area contributed by atoms with Crippen molar-refractivity contribution in [1.29, 1.82) is 0 Å². The Morgan fingerprint density at radius 2 is 1.07 bits per heavy atom. The van der Waals surface area contributed by atoms with Gasteiger partial charge in [-0.1, -0.05) is 107 Å². The Bertz CT molecular complexity index is 2480. The van der Waals surface area contributed by atoms with E-state index in [1.165, 1.54) is 0 Å². The third-order valence-corrected chi connectivity index (χ3v) is 19.3. The van der Waals surface area contributed by atoms with Crippen LogP contribution < -0.4 is 5.46 Å². The minimum Gasteiger partial charge on any atom is -0.432 e. The first kappa shape index (κ1) is 40.4. The van der Waals surface area contributed by atoms with Crippen molar-refractivity contribution in [2.45, 2.75) is 90.6 Å². The predicted octanol–water partition coefficient (Wildman–Crippen LogP) is 9.73. The average Bonchev–Trinajstić information content (AvgIpc) is 3.11. The van der Waals surface area contributed by atoms with Gasteiger partial charge in [-0.15, -0.1) is 0 Å². The summed E-state index contributed by atoms with van der Waals surface area (Å²) in [5, 5.41) is 25.4. The molecule has 6 aromatic rings. The van der Waals surface area contributed by atoms with E-state index in [0.29, 0.717) is 18.3 Å². The smallest absolute Gasteiger partial charge is 0.432 e. The van der Waals surface area contributed by atoms with E-state index >= 15 is 0 Å². The van der Waals surface area contributed by atoms with Gasteiger partial charge in [0.2, 0.25) is 0 Å². The fourth-order valence-electron chi connectivity index (χ4n) is 7.33. The van der Waals surface area contributed by atoms with Gasteiger partial charge >= 0.3 is 7.12 Å². The molecule has 0 fully saturated rings. The minimum atomic E-state index is -2.51. The third kappa shape index (κ3) is 7.92. The number of fused-ring (bicyclic) bond motifs is 3. The molecule has 0 atom stereocenters. The fraction of sp³-hybridized carbons (Fsp3) is 0.304. The zero-order valence-electron chi connectivity index (χ0n) is 34.0. The maximum absolute atomic E-state index is 11.2. The van der Waals surface area contributed by atoms with Crippen molar-refractivity contribution in [3.05, 3.63) is 126 Å². The molecule has 284 valence electrons. The van der Waals surface area contributed by atoms with Crippen LogP contribution in [0.1, 0.15) is 50.1 Å². The molecule has 55 heavy (non-hydrogen) atoms. The van der Waals surface area contributed by atoms with E-state index in [0.717, 1.165) is 77.1 Å². The number of aryl methyl sites for hydroxylation is 2. The maximum Gasteiger partial charge on any atom is 0.488 e. The molecule has 0 unspecified atom stereocenters. The molecule has 0 aliphatic rings. The maximum atomic E-state index is 11.2. The van der Waals surface area contributed by atoms with Crippen LogP contribution in [0.15, 0.2) is 103 Å². The number of benzene rings is 4. The summed E-state index contributed by atoms with van der Waals surface area (Å²) in [6.45, 7) is 20.7. The zero-order chi connectivity index (χ0) is 40.1. The molecule has 6 nitrogen and oxygen atoms in total. The van der Waals surface area contributed by atoms with Gasteiger partial charge in [-0.25, -0.2) is 0 Å². The third-order valence-electron chi connectivity index (χ3n) is 12.4. The van der Waals surface area contributed by atoms with Crippen LogP contribution in [-0.2, 0) is 12.8 Å². The van der Waals surface area contributed by atoms with Crippen molar-refractivity contribution in [2.75, 3.05) is 0 Å². The van der Waals surface area contributed by atoms with Gasteiger partial charge in [0.15, 0.2) is 16.6 Å². The summed E-state index contributed by atoms with van der Waals surface area (Å²) >= 11 is 0. The topological polar surface area (TPSA) is 107 Å². The highest BCUT2D eigenvalue weighted by molar-refractivity contribution is 6.73. The molecule has 2 aromatic heterocycles. The van der Waals surface area contributed by atoms with Crippen LogP contribution in [0.4, 0.5) is 0 Å². The molecule has 0 amide bonds. The molecule has 9 heteroatoms. The molecule has 6 rings (SSSR count). The van der Waals surface area contributed by atoms with Crippen LogP contribution in [0.2, 0.25) is 36.3 Å². The SMILES string of the molecule is Cc1cccnc(C)c(CC(C)(C)[Si](C)(C)O)ccc1-c1c2ccccc2c(-c2ccc(CC(C)(C)[Si](C)(C)O)c3ncccc23)c2cc(B(O)O)ccc12. The first-order chi connectivity index (χ1) is 25.7. The summed E-state index contributed by atoms with van der Waals surface area (Å²) in [5.41, 5.74) is 9.53. The van der Waals surface area contributed by atoms with Gasteiger partial charge in [-0.2, -0.15) is 0 Å². The zero-order valence-corrected chi connectivity index (χ0v) is 36.0. The molecule has 4 aromatic carbocycles. The van der Waals surface area contributed by atoms with Crippen LogP contribution in [0.3, 0.4) is 0 Å². The summed E-state index contributed by atoms with van der Waals surface area (Å²) in [5.74, 6) is 0. The summed E-state index contributed by atoms with van der Waals surface area (Å²) in [6.07, 6.45) is 5.05. The molecule has 0 radical (unpaired) electrons. The van der Waals surface area contributed by atoms with Crippen molar-refractivity contribution in [2.24, 2.45) is 0 Å². The van der Waals surface area contributed by atoms with E-state index in [1.54, 1.807) is 6.07 Å².